The Balaban J connectivity index is 0.00000320. The van der Waals surface area contributed by atoms with Crippen LogP contribution in [0.2, 0.25) is 0 Å². The van der Waals surface area contributed by atoms with E-state index in [-0.39, 0.29) is 18.1 Å². The van der Waals surface area contributed by atoms with E-state index in [1.54, 1.807) is 23.1 Å². The molecule has 1 aliphatic rings. The van der Waals surface area contributed by atoms with Gasteiger partial charge in [-0.1, -0.05) is 13.5 Å². The molecule has 4 N–H and O–H groups in total. The Hall–Kier alpha value is -3.51. The van der Waals surface area contributed by atoms with Crippen molar-refractivity contribution in [2.75, 3.05) is 10.2 Å². The summed E-state index contributed by atoms with van der Waals surface area (Å²) in [5.74, 6) is -1.65. The van der Waals surface area contributed by atoms with E-state index >= 15 is 0 Å². The number of anilines is 2. The van der Waals surface area contributed by atoms with E-state index in [0.717, 1.165) is 11.6 Å². The zero-order valence-electron chi connectivity index (χ0n) is 15.5. The van der Waals surface area contributed by atoms with Crippen LogP contribution in [0.1, 0.15) is 36.2 Å². The van der Waals surface area contributed by atoms with Gasteiger partial charge in [-0.15, -0.1) is 0 Å². The average Bonchev–Trinajstić information content (AvgIpc) is 3.42. The quantitative estimate of drug-likeness (QED) is 0.282. The lowest BCUT2D eigenvalue weighted by atomic mass is 10.1. The molecule has 30 heavy (non-hydrogen) atoms. The van der Waals surface area contributed by atoms with Gasteiger partial charge in [0.05, 0.1) is 12.1 Å². The van der Waals surface area contributed by atoms with Crippen LogP contribution >= 0.6 is 12.2 Å². The van der Waals surface area contributed by atoms with Gasteiger partial charge in [0.25, 0.3) is 5.91 Å². The number of halogens is 1. The van der Waals surface area contributed by atoms with E-state index in [1.807, 2.05) is 6.92 Å². The van der Waals surface area contributed by atoms with Crippen molar-refractivity contribution in [3.63, 3.8) is 0 Å². The van der Waals surface area contributed by atoms with Gasteiger partial charge in [-0.25, -0.2) is 9.24 Å². The summed E-state index contributed by atoms with van der Waals surface area (Å²) in [6, 6.07) is 9.14. The molecule has 0 aliphatic heterocycles. The lowest BCUT2D eigenvalue weighted by Crippen LogP contribution is -2.52. The number of thiocarbonyl (C=S) groups is 1. The number of nitrogens with one attached hydrogen (secondary N) is 2. The number of aryl methyl sites for hydroxylation is 1. The first-order valence-corrected chi connectivity index (χ1v) is 9.12. The van der Waals surface area contributed by atoms with Gasteiger partial charge < -0.3 is 16.4 Å². The van der Waals surface area contributed by atoms with E-state index in [4.69, 9.17) is 24.5 Å². The summed E-state index contributed by atoms with van der Waals surface area (Å²) in [5.41, 5.74) is 6.50. The predicted molar refractivity (Wildman–Crippen MR) is 119 cm³/mol. The molecule has 0 heterocycles. The summed E-state index contributed by atoms with van der Waals surface area (Å²) in [6.07, 6.45) is 1.80. The number of carbonyl (C=O) groups excluding carboxylic acids is 2. The first-order chi connectivity index (χ1) is 13.8. The van der Waals surface area contributed by atoms with Gasteiger partial charge in [0.1, 0.15) is 11.5 Å². The number of hydrogen-bond donors (Lipinski definition) is 3. The van der Waals surface area contributed by atoms with Gasteiger partial charge in [0.2, 0.25) is 6.41 Å². The molecule has 0 aromatic heterocycles. The molecule has 0 radical (unpaired) electrons. The van der Waals surface area contributed by atoms with Gasteiger partial charge >= 0.3 is 0 Å². The number of primary amides is 1. The molecule has 0 atom stereocenters. The third-order valence-corrected chi connectivity index (χ3v) is 5.01. The maximum Gasteiger partial charge on any atom is 0.251 e. The van der Waals surface area contributed by atoms with E-state index in [9.17, 15) is 14.0 Å². The third kappa shape index (κ3) is 4.39. The number of hydrogen-bond acceptors (Lipinski definition) is 3. The molecule has 2 aromatic rings. The standard InChI is InChI=1S/C20H18FN5O2S.CH4/c1-12-9-13(3-6-17(12)23-2)25-19(29)26(20(7-8-20)24-11-27)14-4-5-15(18(22)28)16(21)10-14;/h3-6,9-11H,7-8H2,1H3,(H2,22,28)(H,24,27)(H,25,29);1H4. The Labute approximate surface area is 179 Å². The lowest BCUT2D eigenvalue weighted by Gasteiger charge is -2.34. The van der Waals surface area contributed by atoms with Crippen molar-refractivity contribution in [2.45, 2.75) is 32.9 Å². The van der Waals surface area contributed by atoms with Crippen LogP contribution in [0.3, 0.4) is 0 Å². The minimum atomic E-state index is -0.871. The summed E-state index contributed by atoms with van der Waals surface area (Å²) in [5, 5.41) is 6.06. The SMILES string of the molecule is C.[C-]#[N+]c1ccc(NC(=S)N(c2ccc(C(N)=O)c(F)c2)C2(NC=O)CC2)cc1C. The molecule has 0 bridgehead atoms. The first kappa shape index (κ1) is 22.8. The Morgan fingerprint density at radius 1 is 1.33 bits per heavy atom. The normalized spacial score (nSPS) is 13.2. The summed E-state index contributed by atoms with van der Waals surface area (Å²) in [6.45, 7) is 8.95. The molecule has 0 spiro atoms. The minimum Gasteiger partial charge on any atom is -0.366 e. The molecule has 156 valence electrons. The highest BCUT2D eigenvalue weighted by Crippen LogP contribution is 2.42. The second-order valence-corrected chi connectivity index (χ2v) is 7.09. The van der Waals surface area contributed by atoms with Gasteiger partial charge in [0, 0.05) is 11.4 Å². The summed E-state index contributed by atoms with van der Waals surface area (Å²) in [4.78, 5) is 27.5. The van der Waals surface area contributed by atoms with Crippen LogP contribution in [0.5, 0.6) is 0 Å². The van der Waals surface area contributed by atoms with Crippen molar-refractivity contribution in [1.29, 1.82) is 0 Å². The van der Waals surface area contributed by atoms with E-state index in [1.165, 1.54) is 12.1 Å². The van der Waals surface area contributed by atoms with Crippen LogP contribution in [0.25, 0.3) is 4.85 Å². The summed E-state index contributed by atoms with van der Waals surface area (Å²) in [7, 11) is 0. The van der Waals surface area contributed by atoms with Crippen molar-refractivity contribution < 1.29 is 14.0 Å². The van der Waals surface area contributed by atoms with Crippen LogP contribution in [0, 0.1) is 19.3 Å². The van der Waals surface area contributed by atoms with Gasteiger partial charge in [0.15, 0.2) is 10.8 Å². The van der Waals surface area contributed by atoms with Crippen LogP contribution in [-0.2, 0) is 4.79 Å². The monoisotopic (exact) mass is 427 g/mol. The van der Waals surface area contributed by atoms with Crippen molar-refractivity contribution in [2.24, 2.45) is 5.73 Å². The van der Waals surface area contributed by atoms with Gasteiger partial charge in [-0.3, -0.25) is 14.5 Å². The molecular formula is C21H22FN5O2S. The summed E-state index contributed by atoms with van der Waals surface area (Å²) >= 11 is 5.56. The zero-order chi connectivity index (χ0) is 21.2. The fourth-order valence-corrected chi connectivity index (χ4v) is 3.50. The molecular weight excluding hydrogens is 405 g/mol. The second-order valence-electron chi connectivity index (χ2n) is 6.70. The molecule has 0 saturated heterocycles. The van der Waals surface area contributed by atoms with Gasteiger partial charge in [-0.2, -0.15) is 0 Å². The number of nitrogens with zero attached hydrogens (tertiary/aromatic N) is 2. The van der Waals surface area contributed by atoms with E-state index in [0.29, 0.717) is 36.3 Å². The molecule has 7 nitrogen and oxygen atoms in total. The highest BCUT2D eigenvalue weighted by molar-refractivity contribution is 7.80. The maximum atomic E-state index is 14.4. The average molecular weight is 428 g/mol. The van der Waals surface area contributed by atoms with Crippen LogP contribution in [0.15, 0.2) is 36.4 Å². The van der Waals surface area contributed by atoms with Crippen LogP contribution in [0.4, 0.5) is 21.5 Å². The lowest BCUT2D eigenvalue weighted by molar-refractivity contribution is -0.110. The molecule has 1 saturated carbocycles. The topological polar surface area (TPSA) is 91.8 Å². The highest BCUT2D eigenvalue weighted by Gasteiger charge is 2.50. The highest BCUT2D eigenvalue weighted by atomic mass is 32.1. The molecule has 3 rings (SSSR count). The Morgan fingerprint density at radius 2 is 2.03 bits per heavy atom. The van der Waals surface area contributed by atoms with Gasteiger partial charge in [-0.05, 0) is 67.9 Å². The fourth-order valence-electron chi connectivity index (χ4n) is 3.10. The van der Waals surface area contributed by atoms with Crippen molar-refractivity contribution in [3.05, 3.63) is 64.8 Å². The molecule has 1 aliphatic carbocycles. The van der Waals surface area contributed by atoms with E-state index in [2.05, 4.69) is 15.5 Å². The maximum absolute atomic E-state index is 14.4. The number of rotatable bonds is 6. The first-order valence-electron chi connectivity index (χ1n) is 8.71. The number of amides is 2. The van der Waals surface area contributed by atoms with Crippen LogP contribution < -0.4 is 21.3 Å². The Morgan fingerprint density at radius 3 is 2.53 bits per heavy atom. The zero-order valence-corrected chi connectivity index (χ0v) is 16.3. The van der Waals surface area contributed by atoms with Crippen molar-refractivity contribution >= 4 is 46.7 Å². The van der Waals surface area contributed by atoms with E-state index < -0.39 is 17.4 Å². The summed E-state index contributed by atoms with van der Waals surface area (Å²) < 4.78 is 14.4. The molecule has 0 unspecified atom stereocenters. The fraction of sp³-hybridized carbons (Fsp3) is 0.238. The molecule has 2 aromatic carbocycles. The second kappa shape index (κ2) is 8.88. The number of nitrogens with two attached hydrogens (primary N) is 1. The Bertz CT molecular complexity index is 1050. The molecule has 2 amide bonds. The molecule has 1 fully saturated rings. The molecule has 9 heteroatoms. The third-order valence-electron chi connectivity index (χ3n) is 4.73. The largest absolute Gasteiger partial charge is 0.366 e. The predicted octanol–water partition coefficient (Wildman–Crippen LogP) is 3.86. The Kier molecular flexibility index (Phi) is 6.74. The number of benzene rings is 2. The van der Waals surface area contributed by atoms with Crippen LogP contribution in [-0.4, -0.2) is 23.1 Å². The van der Waals surface area contributed by atoms with Crippen molar-refractivity contribution in [3.8, 4) is 0 Å². The van der Waals surface area contributed by atoms with Crippen molar-refractivity contribution in [1.82, 2.24) is 5.32 Å². The smallest absolute Gasteiger partial charge is 0.251 e. The number of carbonyl (C=O) groups is 2. The minimum absolute atomic E-state index is 0.